The van der Waals surface area contributed by atoms with Gasteiger partial charge >= 0.3 is 0 Å². The molecule has 4 nitrogen and oxygen atoms in total. The zero-order valence-corrected chi connectivity index (χ0v) is 9.10. The highest BCUT2D eigenvalue weighted by molar-refractivity contribution is 5.79. The molecule has 0 spiro atoms. The first-order chi connectivity index (χ1) is 7.66. The van der Waals surface area contributed by atoms with Gasteiger partial charge in [-0.25, -0.2) is 0 Å². The number of amides is 1. The number of phenolic OH excluding ortho intramolecular Hbond substituents is 1. The number of nitrogens with zero attached hydrogens (tertiary/aromatic N) is 1. The van der Waals surface area contributed by atoms with Gasteiger partial charge in [-0.2, -0.15) is 0 Å². The van der Waals surface area contributed by atoms with Gasteiger partial charge in [0.25, 0.3) is 0 Å². The minimum atomic E-state index is 0.0365. The van der Waals surface area contributed by atoms with E-state index in [1.165, 1.54) is 0 Å². The number of aromatic hydroxyl groups is 1. The average molecular weight is 220 g/mol. The Morgan fingerprint density at radius 1 is 1.50 bits per heavy atom. The summed E-state index contributed by atoms with van der Waals surface area (Å²) in [6.45, 7) is 1.36. The van der Waals surface area contributed by atoms with Crippen molar-refractivity contribution in [2.75, 3.05) is 13.1 Å². The fourth-order valence-electron chi connectivity index (χ4n) is 1.95. The van der Waals surface area contributed by atoms with E-state index in [0.29, 0.717) is 12.1 Å². The number of carbonyl (C=O) groups excluding carboxylic acids is 1. The van der Waals surface area contributed by atoms with E-state index in [2.05, 4.69) is 0 Å². The molecule has 1 aliphatic rings. The maximum Gasteiger partial charge on any atom is 0.227 e. The van der Waals surface area contributed by atoms with Crippen LogP contribution in [0.5, 0.6) is 5.75 Å². The Balaban J connectivity index is 2.00. The van der Waals surface area contributed by atoms with Crippen LogP contribution in [0.4, 0.5) is 0 Å². The van der Waals surface area contributed by atoms with Gasteiger partial charge in [-0.1, -0.05) is 18.2 Å². The van der Waals surface area contributed by atoms with Crippen LogP contribution in [0.3, 0.4) is 0 Å². The van der Waals surface area contributed by atoms with Crippen LogP contribution < -0.4 is 5.73 Å². The van der Waals surface area contributed by atoms with E-state index in [1.54, 1.807) is 23.1 Å². The Morgan fingerprint density at radius 2 is 2.25 bits per heavy atom. The summed E-state index contributed by atoms with van der Waals surface area (Å²) in [5, 5.41) is 9.56. The molecule has 0 aliphatic carbocycles. The maximum absolute atomic E-state index is 11.9. The molecule has 86 valence electrons. The molecule has 1 aromatic rings. The van der Waals surface area contributed by atoms with E-state index >= 15 is 0 Å². The molecule has 1 atom stereocenters. The van der Waals surface area contributed by atoms with E-state index < -0.39 is 0 Å². The van der Waals surface area contributed by atoms with Crippen LogP contribution in [0, 0.1) is 0 Å². The maximum atomic E-state index is 11.9. The van der Waals surface area contributed by atoms with Crippen molar-refractivity contribution in [2.45, 2.75) is 18.9 Å². The average Bonchev–Trinajstić information content (AvgIpc) is 2.68. The van der Waals surface area contributed by atoms with Crippen molar-refractivity contribution in [1.29, 1.82) is 0 Å². The molecule has 0 aromatic heterocycles. The van der Waals surface area contributed by atoms with Gasteiger partial charge in [0.2, 0.25) is 5.91 Å². The highest BCUT2D eigenvalue weighted by Gasteiger charge is 2.23. The van der Waals surface area contributed by atoms with Crippen molar-refractivity contribution in [3.05, 3.63) is 29.8 Å². The molecule has 16 heavy (non-hydrogen) atoms. The standard InChI is InChI=1S/C12H16N2O2/c13-10-5-6-14(8-10)12(16)7-9-3-1-2-4-11(9)15/h1-4,10,15H,5-8,13H2/t10-/m1/s1. The predicted octanol–water partition coefficient (Wildman–Crippen LogP) is 0.494. The summed E-state index contributed by atoms with van der Waals surface area (Å²) in [7, 11) is 0. The molecule has 2 rings (SSSR count). The molecular weight excluding hydrogens is 204 g/mol. The van der Waals surface area contributed by atoms with Gasteiger partial charge in [-0.05, 0) is 12.5 Å². The lowest BCUT2D eigenvalue weighted by Gasteiger charge is -2.15. The molecule has 1 aromatic carbocycles. The van der Waals surface area contributed by atoms with Crippen molar-refractivity contribution < 1.29 is 9.90 Å². The summed E-state index contributed by atoms with van der Waals surface area (Å²) < 4.78 is 0. The lowest BCUT2D eigenvalue weighted by Crippen LogP contribution is -2.32. The number of phenols is 1. The Morgan fingerprint density at radius 3 is 2.88 bits per heavy atom. The first kappa shape index (κ1) is 11.0. The lowest BCUT2D eigenvalue weighted by molar-refractivity contribution is -0.129. The molecule has 1 fully saturated rings. The number of rotatable bonds is 2. The number of carbonyl (C=O) groups is 1. The molecule has 3 N–H and O–H groups in total. The second-order valence-corrected chi connectivity index (χ2v) is 4.19. The van der Waals surface area contributed by atoms with Crippen molar-refractivity contribution in [2.24, 2.45) is 5.73 Å². The fraction of sp³-hybridized carbons (Fsp3) is 0.417. The topological polar surface area (TPSA) is 66.6 Å². The summed E-state index contributed by atoms with van der Waals surface area (Å²) in [4.78, 5) is 13.6. The number of para-hydroxylation sites is 1. The van der Waals surface area contributed by atoms with Crippen LogP contribution in [-0.4, -0.2) is 35.0 Å². The van der Waals surface area contributed by atoms with E-state index in [-0.39, 0.29) is 24.1 Å². The van der Waals surface area contributed by atoms with E-state index in [0.717, 1.165) is 13.0 Å². The van der Waals surface area contributed by atoms with Crippen LogP contribution in [-0.2, 0) is 11.2 Å². The fourth-order valence-corrected chi connectivity index (χ4v) is 1.95. The van der Waals surface area contributed by atoms with Crippen LogP contribution >= 0.6 is 0 Å². The predicted molar refractivity (Wildman–Crippen MR) is 61.0 cm³/mol. The number of benzene rings is 1. The van der Waals surface area contributed by atoms with Crippen LogP contribution in [0.25, 0.3) is 0 Å². The summed E-state index contributed by atoms with van der Waals surface area (Å²) in [6, 6.07) is 7.03. The SMILES string of the molecule is N[C@@H]1CCN(C(=O)Cc2ccccc2O)C1. The Bertz CT molecular complexity index is 392. The smallest absolute Gasteiger partial charge is 0.227 e. The molecule has 1 heterocycles. The Labute approximate surface area is 94.7 Å². The Kier molecular flexibility index (Phi) is 3.10. The van der Waals surface area contributed by atoms with Crippen molar-refractivity contribution in [3.63, 3.8) is 0 Å². The zero-order valence-electron chi connectivity index (χ0n) is 9.10. The van der Waals surface area contributed by atoms with Crippen molar-refractivity contribution in [3.8, 4) is 5.75 Å². The quantitative estimate of drug-likeness (QED) is 0.762. The summed E-state index contributed by atoms with van der Waals surface area (Å²) >= 11 is 0. The largest absolute Gasteiger partial charge is 0.508 e. The van der Waals surface area contributed by atoms with Gasteiger partial charge in [0.15, 0.2) is 0 Å². The van der Waals surface area contributed by atoms with E-state index in [4.69, 9.17) is 5.73 Å². The van der Waals surface area contributed by atoms with Crippen LogP contribution in [0.15, 0.2) is 24.3 Å². The highest BCUT2D eigenvalue weighted by Crippen LogP contribution is 2.18. The molecule has 0 radical (unpaired) electrons. The molecule has 4 heteroatoms. The third-order valence-corrected chi connectivity index (χ3v) is 2.91. The second kappa shape index (κ2) is 4.53. The number of nitrogens with two attached hydrogens (primary N) is 1. The Hall–Kier alpha value is -1.55. The zero-order chi connectivity index (χ0) is 11.5. The van der Waals surface area contributed by atoms with Crippen molar-refractivity contribution >= 4 is 5.91 Å². The first-order valence-corrected chi connectivity index (χ1v) is 5.47. The summed E-state index contributed by atoms with van der Waals surface area (Å²) in [6.07, 6.45) is 1.12. The third-order valence-electron chi connectivity index (χ3n) is 2.91. The highest BCUT2D eigenvalue weighted by atomic mass is 16.3. The van der Waals surface area contributed by atoms with Crippen LogP contribution in [0.1, 0.15) is 12.0 Å². The molecule has 1 aliphatic heterocycles. The van der Waals surface area contributed by atoms with E-state index in [9.17, 15) is 9.90 Å². The van der Waals surface area contributed by atoms with Gasteiger partial charge in [0, 0.05) is 24.7 Å². The molecule has 1 amide bonds. The van der Waals surface area contributed by atoms with Gasteiger partial charge in [-0.15, -0.1) is 0 Å². The first-order valence-electron chi connectivity index (χ1n) is 5.47. The van der Waals surface area contributed by atoms with Crippen LogP contribution in [0.2, 0.25) is 0 Å². The second-order valence-electron chi connectivity index (χ2n) is 4.19. The van der Waals surface area contributed by atoms with Gasteiger partial charge in [-0.3, -0.25) is 4.79 Å². The molecule has 0 saturated carbocycles. The van der Waals surface area contributed by atoms with Gasteiger partial charge < -0.3 is 15.7 Å². The number of hydrogen-bond donors (Lipinski definition) is 2. The summed E-state index contributed by atoms with van der Waals surface area (Å²) in [5.74, 6) is 0.216. The lowest BCUT2D eigenvalue weighted by atomic mass is 10.1. The molecular formula is C12H16N2O2. The van der Waals surface area contributed by atoms with Gasteiger partial charge in [0.05, 0.1) is 6.42 Å². The minimum Gasteiger partial charge on any atom is -0.508 e. The summed E-state index contributed by atoms with van der Waals surface area (Å²) in [5.41, 5.74) is 6.42. The van der Waals surface area contributed by atoms with Gasteiger partial charge in [0.1, 0.15) is 5.75 Å². The van der Waals surface area contributed by atoms with Crippen molar-refractivity contribution in [1.82, 2.24) is 4.90 Å². The monoisotopic (exact) mass is 220 g/mol. The molecule has 1 saturated heterocycles. The molecule has 0 bridgehead atoms. The molecule has 0 unspecified atom stereocenters. The number of hydrogen-bond acceptors (Lipinski definition) is 3. The van der Waals surface area contributed by atoms with E-state index in [1.807, 2.05) is 6.07 Å². The number of likely N-dealkylation sites (tertiary alicyclic amines) is 1. The normalized spacial score (nSPS) is 20.1. The minimum absolute atomic E-state index is 0.0365. The third kappa shape index (κ3) is 2.33.